The number of hydrogen-bond donors (Lipinski definition) is 0. The summed E-state index contributed by atoms with van der Waals surface area (Å²) in [7, 11) is 0. The summed E-state index contributed by atoms with van der Waals surface area (Å²) in [5.41, 5.74) is 2.20. The lowest BCUT2D eigenvalue weighted by molar-refractivity contribution is -0.139. The van der Waals surface area contributed by atoms with Crippen LogP contribution in [-0.2, 0) is 9.53 Å². The Balaban J connectivity index is 2.79. The van der Waals surface area contributed by atoms with Crippen molar-refractivity contribution in [2.24, 2.45) is 5.92 Å². The maximum Gasteiger partial charge on any atom is 0.302 e. The Hall–Kier alpha value is -1.57. The normalized spacial score (nSPS) is 11.6. The quantitative estimate of drug-likeness (QED) is 0.724. The summed E-state index contributed by atoms with van der Waals surface area (Å²) in [5, 5.41) is 0. The molecule has 0 N–H and O–H groups in total. The van der Waals surface area contributed by atoms with Gasteiger partial charge in [0.25, 0.3) is 0 Å². The topological polar surface area (TPSA) is 26.3 Å². The molecule has 0 saturated carbocycles. The van der Waals surface area contributed by atoms with Crippen LogP contribution in [0.5, 0.6) is 0 Å². The van der Waals surface area contributed by atoms with Crippen LogP contribution in [0.2, 0.25) is 0 Å². The maximum absolute atomic E-state index is 10.9. The first-order valence-corrected chi connectivity index (χ1v) is 5.97. The summed E-state index contributed by atoms with van der Waals surface area (Å²) < 4.78 is 5.08. The summed E-state index contributed by atoms with van der Waals surface area (Å²) in [6.07, 6.45) is 3.15. The van der Waals surface area contributed by atoms with Gasteiger partial charge in [0.2, 0.25) is 0 Å². The number of allylic oxidation sites excluding steroid dienone is 1. The third-order valence-electron chi connectivity index (χ3n) is 2.41. The van der Waals surface area contributed by atoms with Crippen molar-refractivity contribution in [3.63, 3.8) is 0 Å². The molecule has 0 saturated heterocycles. The van der Waals surface area contributed by atoms with Crippen LogP contribution in [0.25, 0.3) is 5.57 Å². The standard InChI is InChI=1S/C15H20O2/c1-12(2)9-10-15(11-17-13(3)16)14-7-5-4-6-8-14/h4-8,10,12H,9,11H2,1-3H3/b15-10-. The summed E-state index contributed by atoms with van der Waals surface area (Å²) in [4.78, 5) is 10.9. The molecule has 0 radical (unpaired) electrons. The zero-order valence-corrected chi connectivity index (χ0v) is 10.8. The Morgan fingerprint density at radius 1 is 1.29 bits per heavy atom. The first kappa shape index (κ1) is 13.5. The molecule has 1 aromatic carbocycles. The Morgan fingerprint density at radius 3 is 2.47 bits per heavy atom. The zero-order valence-electron chi connectivity index (χ0n) is 10.8. The lowest BCUT2D eigenvalue weighted by Crippen LogP contribution is -2.03. The minimum atomic E-state index is -0.239. The lowest BCUT2D eigenvalue weighted by atomic mass is 10.0. The molecular weight excluding hydrogens is 212 g/mol. The third kappa shape index (κ3) is 5.34. The van der Waals surface area contributed by atoms with Crippen LogP contribution in [0.1, 0.15) is 32.8 Å². The Labute approximate surface area is 103 Å². The average Bonchev–Trinajstić information content (AvgIpc) is 2.29. The summed E-state index contributed by atoms with van der Waals surface area (Å²) in [6, 6.07) is 10.0. The molecule has 0 aromatic heterocycles. The molecule has 0 fully saturated rings. The number of esters is 1. The fourth-order valence-electron chi connectivity index (χ4n) is 1.47. The van der Waals surface area contributed by atoms with Crippen LogP contribution in [0.3, 0.4) is 0 Å². The first-order chi connectivity index (χ1) is 8.09. The van der Waals surface area contributed by atoms with Crippen LogP contribution in [0, 0.1) is 5.92 Å². The number of hydrogen-bond acceptors (Lipinski definition) is 2. The Bertz CT molecular complexity index is 377. The minimum Gasteiger partial charge on any atom is -0.461 e. The smallest absolute Gasteiger partial charge is 0.302 e. The van der Waals surface area contributed by atoms with E-state index in [0.717, 1.165) is 17.6 Å². The van der Waals surface area contributed by atoms with Crippen molar-refractivity contribution in [1.82, 2.24) is 0 Å². The fraction of sp³-hybridized carbons (Fsp3) is 0.400. The minimum absolute atomic E-state index is 0.239. The van der Waals surface area contributed by atoms with Crippen molar-refractivity contribution in [1.29, 1.82) is 0 Å². The number of rotatable bonds is 5. The second-order valence-corrected chi connectivity index (χ2v) is 4.51. The van der Waals surface area contributed by atoms with E-state index in [2.05, 4.69) is 19.9 Å². The third-order valence-corrected chi connectivity index (χ3v) is 2.41. The highest BCUT2D eigenvalue weighted by Gasteiger charge is 2.03. The number of ether oxygens (including phenoxy) is 1. The lowest BCUT2D eigenvalue weighted by Gasteiger charge is -2.09. The zero-order chi connectivity index (χ0) is 12.7. The molecule has 2 heteroatoms. The van der Waals surface area contributed by atoms with Gasteiger partial charge in [0.05, 0.1) is 0 Å². The van der Waals surface area contributed by atoms with Crippen molar-refractivity contribution in [3.8, 4) is 0 Å². The molecule has 17 heavy (non-hydrogen) atoms. The van der Waals surface area contributed by atoms with E-state index in [4.69, 9.17) is 4.74 Å². The van der Waals surface area contributed by atoms with Crippen LogP contribution in [0.4, 0.5) is 0 Å². The summed E-state index contributed by atoms with van der Waals surface area (Å²) in [5.74, 6) is 0.363. The molecule has 0 aliphatic rings. The van der Waals surface area contributed by atoms with E-state index in [0.29, 0.717) is 12.5 Å². The molecule has 0 amide bonds. The van der Waals surface area contributed by atoms with Crippen molar-refractivity contribution in [2.45, 2.75) is 27.2 Å². The molecule has 0 spiro atoms. The molecular formula is C15H20O2. The molecule has 0 aliphatic heterocycles. The van der Waals surface area contributed by atoms with E-state index in [1.165, 1.54) is 6.92 Å². The molecule has 1 aromatic rings. The molecule has 0 aliphatic carbocycles. The highest BCUT2D eigenvalue weighted by molar-refractivity contribution is 5.71. The first-order valence-electron chi connectivity index (χ1n) is 5.97. The monoisotopic (exact) mass is 232 g/mol. The van der Waals surface area contributed by atoms with E-state index in [1.807, 2.05) is 30.3 Å². The highest BCUT2D eigenvalue weighted by atomic mass is 16.5. The van der Waals surface area contributed by atoms with Gasteiger partial charge in [-0.2, -0.15) is 0 Å². The Kier molecular flexibility index (Phi) is 5.47. The second-order valence-electron chi connectivity index (χ2n) is 4.51. The van der Waals surface area contributed by atoms with Crippen molar-refractivity contribution < 1.29 is 9.53 Å². The van der Waals surface area contributed by atoms with Gasteiger partial charge in [-0.05, 0) is 23.5 Å². The van der Waals surface area contributed by atoms with E-state index >= 15 is 0 Å². The van der Waals surface area contributed by atoms with E-state index in [9.17, 15) is 4.79 Å². The van der Waals surface area contributed by atoms with E-state index in [-0.39, 0.29) is 5.97 Å². The Morgan fingerprint density at radius 2 is 1.94 bits per heavy atom. The summed E-state index contributed by atoms with van der Waals surface area (Å²) >= 11 is 0. The molecule has 0 unspecified atom stereocenters. The van der Waals surface area contributed by atoms with Gasteiger partial charge in [-0.15, -0.1) is 0 Å². The van der Waals surface area contributed by atoms with Gasteiger partial charge in [-0.25, -0.2) is 0 Å². The van der Waals surface area contributed by atoms with Gasteiger partial charge in [-0.3, -0.25) is 4.79 Å². The molecule has 1 rings (SSSR count). The van der Waals surface area contributed by atoms with Crippen LogP contribution >= 0.6 is 0 Å². The average molecular weight is 232 g/mol. The molecule has 0 heterocycles. The van der Waals surface area contributed by atoms with Gasteiger partial charge in [0.1, 0.15) is 6.61 Å². The molecule has 0 bridgehead atoms. The second kappa shape index (κ2) is 6.89. The fourth-order valence-corrected chi connectivity index (χ4v) is 1.47. The van der Waals surface area contributed by atoms with E-state index < -0.39 is 0 Å². The van der Waals surface area contributed by atoms with Crippen LogP contribution < -0.4 is 0 Å². The summed E-state index contributed by atoms with van der Waals surface area (Å²) in [6.45, 7) is 6.13. The SMILES string of the molecule is CC(=O)OC/C(=C/CC(C)C)c1ccccc1. The molecule has 92 valence electrons. The van der Waals surface area contributed by atoms with Gasteiger partial charge in [-0.1, -0.05) is 50.3 Å². The van der Waals surface area contributed by atoms with Crippen molar-refractivity contribution in [2.75, 3.05) is 6.61 Å². The van der Waals surface area contributed by atoms with Gasteiger partial charge >= 0.3 is 5.97 Å². The van der Waals surface area contributed by atoms with Gasteiger partial charge in [0, 0.05) is 6.92 Å². The van der Waals surface area contributed by atoms with E-state index in [1.54, 1.807) is 0 Å². The predicted octanol–water partition coefficient (Wildman–Crippen LogP) is 3.68. The number of benzene rings is 1. The van der Waals surface area contributed by atoms with Gasteiger partial charge in [0.15, 0.2) is 0 Å². The largest absolute Gasteiger partial charge is 0.461 e. The highest BCUT2D eigenvalue weighted by Crippen LogP contribution is 2.17. The maximum atomic E-state index is 10.9. The number of carbonyl (C=O) groups excluding carboxylic acids is 1. The molecule has 2 nitrogen and oxygen atoms in total. The predicted molar refractivity (Wildman–Crippen MR) is 70.5 cm³/mol. The van der Waals surface area contributed by atoms with Crippen LogP contribution in [-0.4, -0.2) is 12.6 Å². The van der Waals surface area contributed by atoms with Crippen LogP contribution in [0.15, 0.2) is 36.4 Å². The van der Waals surface area contributed by atoms with Crippen molar-refractivity contribution >= 4 is 11.5 Å². The van der Waals surface area contributed by atoms with Crippen molar-refractivity contribution in [3.05, 3.63) is 42.0 Å². The number of carbonyl (C=O) groups is 1. The van der Waals surface area contributed by atoms with Gasteiger partial charge < -0.3 is 4.74 Å². The molecule has 0 atom stereocenters.